The fourth-order valence-electron chi connectivity index (χ4n) is 9.63. The van der Waals surface area contributed by atoms with Crippen molar-refractivity contribution in [3.05, 3.63) is 12.2 Å². The molecule has 0 saturated carbocycles. The third kappa shape index (κ3) is 55.0. The summed E-state index contributed by atoms with van der Waals surface area (Å²) in [6.07, 6.45) is 66.3. The zero-order valence-electron chi connectivity index (χ0n) is 47.8. The number of allylic oxidation sites excluding steroid dienone is 1. The zero-order valence-corrected chi connectivity index (χ0v) is 48.7. The maximum absolute atomic E-state index is 13.0. The molecule has 3 unspecified atom stereocenters. The molecule has 0 aromatic rings. The number of phosphoric acid groups is 1. The second kappa shape index (κ2) is 53.1. The van der Waals surface area contributed by atoms with Gasteiger partial charge in [0.15, 0.2) is 0 Å². The Bertz CT molecular complexity index is 1150. The molecule has 3 atom stereocenters. The van der Waals surface area contributed by atoms with Crippen LogP contribution < -0.4 is 5.32 Å². The van der Waals surface area contributed by atoms with Gasteiger partial charge in [-0.05, 0) is 19.3 Å². The summed E-state index contributed by atoms with van der Waals surface area (Å²) in [6, 6.07) is -0.842. The number of rotatable bonds is 58. The molecular formula is C61H124N2O6P+. The van der Waals surface area contributed by atoms with Crippen LogP contribution in [0.25, 0.3) is 0 Å². The predicted molar refractivity (Wildman–Crippen MR) is 305 cm³/mol. The molecule has 70 heavy (non-hydrogen) atoms. The molecular weight excluding hydrogens is 888 g/mol. The third-order valence-corrected chi connectivity index (χ3v) is 15.5. The van der Waals surface area contributed by atoms with Crippen LogP contribution in [0.4, 0.5) is 0 Å². The van der Waals surface area contributed by atoms with Gasteiger partial charge >= 0.3 is 7.82 Å². The van der Waals surface area contributed by atoms with Gasteiger partial charge in [0.25, 0.3) is 0 Å². The summed E-state index contributed by atoms with van der Waals surface area (Å²) in [5.74, 6) is -0.169. The summed E-state index contributed by atoms with van der Waals surface area (Å²) in [5, 5.41) is 13.9. The van der Waals surface area contributed by atoms with Crippen molar-refractivity contribution in [3.63, 3.8) is 0 Å². The highest BCUT2D eigenvalue weighted by Crippen LogP contribution is 2.43. The lowest BCUT2D eigenvalue weighted by Gasteiger charge is -2.25. The number of hydrogen-bond acceptors (Lipinski definition) is 5. The number of carbonyl (C=O) groups excluding carboxylic acids is 1. The summed E-state index contributed by atoms with van der Waals surface area (Å²) in [5.41, 5.74) is 0. The Kier molecular flexibility index (Phi) is 52.5. The number of quaternary nitrogens is 1. The largest absolute Gasteiger partial charge is 0.472 e. The van der Waals surface area contributed by atoms with Crippen molar-refractivity contribution in [3.8, 4) is 0 Å². The van der Waals surface area contributed by atoms with Crippen LogP contribution in [-0.4, -0.2) is 73.4 Å². The summed E-state index contributed by atoms with van der Waals surface area (Å²) in [4.78, 5) is 23.3. The standard InChI is InChI=1S/C61H123N2O6P/c1-6-8-10-12-14-16-18-20-22-23-24-25-26-27-28-29-30-31-32-33-34-35-36-37-38-39-41-43-45-47-49-51-53-55-61(65)62-59(58-69-70(66,67)68-57-56-63(3,4)5)60(64)54-52-50-48-46-44-42-40-21-19-17-15-13-11-9-7-2/h52,54,59-60,64H,6-51,53,55-58H2,1-5H3,(H-,62,65,66,67)/p+1/b54-52+. The molecule has 0 aromatic heterocycles. The van der Waals surface area contributed by atoms with Crippen molar-refractivity contribution in [1.29, 1.82) is 0 Å². The number of hydrogen-bond donors (Lipinski definition) is 3. The highest BCUT2D eigenvalue weighted by Gasteiger charge is 2.27. The van der Waals surface area contributed by atoms with E-state index in [0.29, 0.717) is 17.4 Å². The van der Waals surface area contributed by atoms with Gasteiger partial charge in [-0.1, -0.05) is 309 Å². The fraction of sp³-hybridized carbons (Fsp3) is 0.951. The van der Waals surface area contributed by atoms with Gasteiger partial charge in [0.1, 0.15) is 13.2 Å². The Hall–Kier alpha value is -0.760. The first kappa shape index (κ1) is 69.2. The van der Waals surface area contributed by atoms with Crippen molar-refractivity contribution in [2.75, 3.05) is 40.9 Å². The lowest BCUT2D eigenvalue weighted by molar-refractivity contribution is -0.870. The molecule has 0 bridgehead atoms. The molecule has 1 amide bonds. The van der Waals surface area contributed by atoms with Gasteiger partial charge in [0.2, 0.25) is 5.91 Å². The molecule has 0 fully saturated rings. The molecule has 0 rings (SSSR count). The van der Waals surface area contributed by atoms with Crippen LogP contribution in [-0.2, 0) is 18.4 Å². The first-order valence-electron chi connectivity index (χ1n) is 31.1. The van der Waals surface area contributed by atoms with E-state index in [1.807, 2.05) is 27.2 Å². The van der Waals surface area contributed by atoms with E-state index < -0.39 is 20.0 Å². The van der Waals surface area contributed by atoms with E-state index in [1.165, 1.54) is 270 Å². The van der Waals surface area contributed by atoms with Gasteiger partial charge < -0.3 is 19.8 Å². The molecule has 0 radical (unpaired) electrons. The first-order valence-corrected chi connectivity index (χ1v) is 32.6. The average Bonchev–Trinajstić information content (AvgIpc) is 3.32. The lowest BCUT2D eigenvalue weighted by atomic mass is 10.0. The van der Waals surface area contributed by atoms with Crippen molar-refractivity contribution in [2.45, 2.75) is 334 Å². The molecule has 0 heterocycles. The lowest BCUT2D eigenvalue weighted by Crippen LogP contribution is -2.45. The van der Waals surface area contributed by atoms with Crippen molar-refractivity contribution in [1.82, 2.24) is 5.32 Å². The molecule has 0 saturated heterocycles. The highest BCUT2D eigenvalue weighted by molar-refractivity contribution is 7.47. The normalized spacial score (nSPS) is 13.9. The maximum Gasteiger partial charge on any atom is 0.472 e. The van der Waals surface area contributed by atoms with Crippen LogP contribution in [0.3, 0.4) is 0 Å². The quantitative estimate of drug-likeness (QED) is 0.0243. The van der Waals surface area contributed by atoms with Crippen LogP contribution >= 0.6 is 7.82 Å². The second-order valence-corrected chi connectivity index (χ2v) is 24.3. The van der Waals surface area contributed by atoms with Gasteiger partial charge in [-0.2, -0.15) is 0 Å². The topological polar surface area (TPSA) is 105 Å². The number of phosphoric ester groups is 1. The molecule has 418 valence electrons. The van der Waals surface area contributed by atoms with E-state index in [9.17, 15) is 19.4 Å². The molecule has 8 nitrogen and oxygen atoms in total. The predicted octanol–water partition coefficient (Wildman–Crippen LogP) is 19.0. The number of likely N-dealkylation sites (N-methyl/N-ethyl adjacent to an activating group) is 1. The van der Waals surface area contributed by atoms with Gasteiger partial charge in [0.05, 0.1) is 39.9 Å². The monoisotopic (exact) mass is 1010 g/mol. The summed E-state index contributed by atoms with van der Waals surface area (Å²) < 4.78 is 23.7. The number of aliphatic hydroxyl groups is 1. The molecule has 3 N–H and O–H groups in total. The van der Waals surface area contributed by atoms with Crippen LogP contribution in [0, 0.1) is 0 Å². The maximum atomic E-state index is 13.0. The first-order chi connectivity index (χ1) is 34.0. The van der Waals surface area contributed by atoms with E-state index in [0.717, 1.165) is 32.1 Å². The minimum Gasteiger partial charge on any atom is -0.387 e. The van der Waals surface area contributed by atoms with Crippen molar-refractivity contribution in [2.24, 2.45) is 0 Å². The third-order valence-electron chi connectivity index (χ3n) is 14.5. The van der Waals surface area contributed by atoms with Gasteiger partial charge in [-0.15, -0.1) is 0 Å². The number of unbranched alkanes of at least 4 members (excludes halogenated alkanes) is 45. The summed E-state index contributed by atoms with van der Waals surface area (Å²) >= 11 is 0. The Morgan fingerprint density at radius 3 is 1.06 bits per heavy atom. The Morgan fingerprint density at radius 1 is 0.471 bits per heavy atom. The Balaban J connectivity index is 3.96. The Morgan fingerprint density at radius 2 is 0.757 bits per heavy atom. The van der Waals surface area contributed by atoms with Crippen molar-refractivity contribution < 1.29 is 32.9 Å². The number of nitrogens with one attached hydrogen (secondary N) is 1. The minimum atomic E-state index is -4.34. The molecule has 0 aromatic carbocycles. The highest BCUT2D eigenvalue weighted by atomic mass is 31.2. The van der Waals surface area contributed by atoms with Crippen molar-refractivity contribution >= 4 is 13.7 Å². The number of amides is 1. The number of carbonyl (C=O) groups is 1. The zero-order chi connectivity index (χ0) is 51.3. The molecule has 0 aliphatic carbocycles. The van der Waals surface area contributed by atoms with E-state index in [4.69, 9.17) is 9.05 Å². The molecule has 9 heteroatoms. The Labute approximate surface area is 437 Å². The van der Waals surface area contributed by atoms with Crippen LogP contribution in [0.1, 0.15) is 322 Å². The smallest absolute Gasteiger partial charge is 0.387 e. The van der Waals surface area contributed by atoms with E-state index >= 15 is 0 Å². The van der Waals surface area contributed by atoms with Gasteiger partial charge in [-0.3, -0.25) is 13.8 Å². The van der Waals surface area contributed by atoms with Crippen LogP contribution in [0.5, 0.6) is 0 Å². The molecule has 0 spiro atoms. The number of aliphatic hydroxyl groups excluding tert-OH is 1. The summed E-state index contributed by atoms with van der Waals surface area (Å²) in [6.45, 7) is 4.86. The van der Waals surface area contributed by atoms with Crippen LogP contribution in [0.2, 0.25) is 0 Å². The van der Waals surface area contributed by atoms with Gasteiger partial charge in [-0.25, -0.2) is 4.57 Å². The second-order valence-electron chi connectivity index (χ2n) is 22.8. The minimum absolute atomic E-state index is 0.0651. The average molecular weight is 1010 g/mol. The van der Waals surface area contributed by atoms with Gasteiger partial charge in [0, 0.05) is 6.42 Å². The van der Waals surface area contributed by atoms with Crippen LogP contribution in [0.15, 0.2) is 12.2 Å². The summed E-state index contributed by atoms with van der Waals surface area (Å²) in [7, 11) is 1.59. The molecule has 0 aliphatic heterocycles. The van der Waals surface area contributed by atoms with E-state index in [-0.39, 0.29) is 19.1 Å². The SMILES string of the molecule is CCCCCCCCCCCCCCC/C=C/C(O)C(COP(=O)(O)OCC[N+](C)(C)C)NC(=O)CCCCCCCCCCCCCCCCCCCCCCCCCCCCCCCCCCC. The van der Waals surface area contributed by atoms with E-state index in [1.54, 1.807) is 6.08 Å². The molecule has 0 aliphatic rings. The fourth-order valence-corrected chi connectivity index (χ4v) is 10.4. The van der Waals surface area contributed by atoms with E-state index in [2.05, 4.69) is 19.2 Å². The number of nitrogens with zero attached hydrogens (tertiary/aromatic N) is 1.